The smallest absolute Gasteiger partial charge is 0.243 e. The second-order valence-electron chi connectivity index (χ2n) is 8.57. The fraction of sp³-hybridized carbons (Fsp3) is 0.435. The van der Waals surface area contributed by atoms with Gasteiger partial charge in [-0.3, -0.25) is 4.79 Å². The van der Waals surface area contributed by atoms with Gasteiger partial charge < -0.3 is 5.32 Å². The molecule has 0 aliphatic carbocycles. The molecular formula is C23H29N3O5S2. The standard InChI is InChI=1S/C23H29N3O5S2/c1-18-10-12-20(13-11-18)33(30,31)26-16-6-9-22(26)23(27)24-19-7-5-8-21(17-19)32(28,29)25-14-3-2-4-15-25/h5,7-8,10-13,17,22H,2-4,6,9,14-16H2,1H3,(H,24,27)/t22-/m0/s1. The molecule has 0 spiro atoms. The third-order valence-electron chi connectivity index (χ3n) is 6.19. The van der Waals surface area contributed by atoms with E-state index in [4.69, 9.17) is 0 Å². The van der Waals surface area contributed by atoms with Gasteiger partial charge in [0.05, 0.1) is 9.79 Å². The van der Waals surface area contributed by atoms with Crippen molar-refractivity contribution in [2.45, 2.75) is 54.9 Å². The van der Waals surface area contributed by atoms with Crippen LogP contribution in [-0.2, 0) is 24.8 Å². The molecule has 2 saturated heterocycles. The molecule has 2 aliphatic rings. The highest BCUT2D eigenvalue weighted by molar-refractivity contribution is 7.89. The van der Waals surface area contributed by atoms with Gasteiger partial charge in [-0.05, 0) is 62.9 Å². The van der Waals surface area contributed by atoms with E-state index >= 15 is 0 Å². The summed E-state index contributed by atoms with van der Waals surface area (Å²) in [5.41, 5.74) is 1.28. The van der Waals surface area contributed by atoms with Gasteiger partial charge >= 0.3 is 0 Å². The van der Waals surface area contributed by atoms with E-state index in [0.29, 0.717) is 31.6 Å². The van der Waals surface area contributed by atoms with Crippen LogP contribution in [-0.4, -0.2) is 57.0 Å². The molecule has 0 bridgehead atoms. The van der Waals surface area contributed by atoms with E-state index in [-0.39, 0.29) is 16.3 Å². The Bertz CT molecular complexity index is 1220. The molecule has 33 heavy (non-hydrogen) atoms. The number of amides is 1. The summed E-state index contributed by atoms with van der Waals surface area (Å²) >= 11 is 0. The van der Waals surface area contributed by atoms with E-state index in [2.05, 4.69) is 5.32 Å². The first-order valence-electron chi connectivity index (χ1n) is 11.2. The summed E-state index contributed by atoms with van der Waals surface area (Å²) in [6.07, 6.45) is 3.67. The number of benzene rings is 2. The molecular weight excluding hydrogens is 462 g/mol. The molecule has 8 nitrogen and oxygen atoms in total. The molecule has 1 atom stereocenters. The Labute approximate surface area is 195 Å². The summed E-state index contributed by atoms with van der Waals surface area (Å²) in [4.78, 5) is 13.3. The lowest BCUT2D eigenvalue weighted by Gasteiger charge is -2.26. The second kappa shape index (κ2) is 9.54. The Morgan fingerprint density at radius 2 is 1.55 bits per heavy atom. The van der Waals surface area contributed by atoms with Crippen LogP contribution in [0.4, 0.5) is 5.69 Å². The van der Waals surface area contributed by atoms with Crippen LogP contribution in [0.25, 0.3) is 0 Å². The van der Waals surface area contributed by atoms with Gasteiger partial charge in [-0.15, -0.1) is 0 Å². The van der Waals surface area contributed by atoms with Gasteiger partial charge in [-0.25, -0.2) is 16.8 Å². The first kappa shape index (κ1) is 23.9. The van der Waals surface area contributed by atoms with Gasteiger partial charge in [-0.2, -0.15) is 8.61 Å². The van der Waals surface area contributed by atoms with Crippen molar-refractivity contribution in [1.82, 2.24) is 8.61 Å². The monoisotopic (exact) mass is 491 g/mol. The van der Waals surface area contributed by atoms with Crippen LogP contribution < -0.4 is 5.32 Å². The van der Waals surface area contributed by atoms with Crippen molar-refractivity contribution >= 4 is 31.6 Å². The van der Waals surface area contributed by atoms with Gasteiger partial charge in [-0.1, -0.05) is 30.2 Å². The van der Waals surface area contributed by atoms with Crippen LogP contribution in [0.3, 0.4) is 0 Å². The average molecular weight is 492 g/mol. The van der Waals surface area contributed by atoms with Crippen LogP contribution in [0, 0.1) is 6.92 Å². The van der Waals surface area contributed by atoms with E-state index in [1.54, 1.807) is 36.4 Å². The van der Waals surface area contributed by atoms with Gasteiger partial charge in [0.15, 0.2) is 0 Å². The van der Waals surface area contributed by atoms with E-state index in [0.717, 1.165) is 24.8 Å². The average Bonchev–Trinajstić information content (AvgIpc) is 3.31. The van der Waals surface area contributed by atoms with Crippen molar-refractivity contribution < 1.29 is 21.6 Å². The molecule has 4 rings (SSSR count). The molecule has 2 fully saturated rings. The molecule has 1 N–H and O–H groups in total. The zero-order chi connectivity index (χ0) is 23.6. The highest BCUT2D eigenvalue weighted by Crippen LogP contribution is 2.28. The maximum atomic E-state index is 13.1. The molecule has 1 amide bonds. The molecule has 10 heteroatoms. The summed E-state index contributed by atoms with van der Waals surface area (Å²) in [5, 5.41) is 2.73. The summed E-state index contributed by atoms with van der Waals surface area (Å²) in [6, 6.07) is 11.9. The fourth-order valence-corrected chi connectivity index (χ4v) is 7.57. The highest BCUT2D eigenvalue weighted by Gasteiger charge is 2.39. The Morgan fingerprint density at radius 3 is 2.24 bits per heavy atom. The number of sulfonamides is 2. The van der Waals surface area contributed by atoms with Crippen molar-refractivity contribution in [3.8, 4) is 0 Å². The number of carbonyl (C=O) groups excluding carboxylic acids is 1. The van der Waals surface area contributed by atoms with Crippen LogP contribution in [0.2, 0.25) is 0 Å². The van der Waals surface area contributed by atoms with Gasteiger partial charge in [0.1, 0.15) is 6.04 Å². The SMILES string of the molecule is Cc1ccc(S(=O)(=O)N2CCC[C@H]2C(=O)Nc2cccc(S(=O)(=O)N3CCCCC3)c2)cc1. The quantitative estimate of drug-likeness (QED) is 0.669. The first-order valence-corrected chi connectivity index (χ1v) is 14.1. The largest absolute Gasteiger partial charge is 0.325 e. The molecule has 0 saturated carbocycles. The minimum Gasteiger partial charge on any atom is -0.325 e. The fourth-order valence-electron chi connectivity index (χ4n) is 4.35. The number of hydrogen-bond acceptors (Lipinski definition) is 5. The molecule has 0 aromatic heterocycles. The highest BCUT2D eigenvalue weighted by atomic mass is 32.2. The van der Waals surface area contributed by atoms with Crippen molar-refractivity contribution in [3.63, 3.8) is 0 Å². The lowest BCUT2D eigenvalue weighted by molar-refractivity contribution is -0.119. The van der Waals surface area contributed by atoms with Crippen molar-refractivity contribution in [3.05, 3.63) is 54.1 Å². The van der Waals surface area contributed by atoms with Crippen molar-refractivity contribution in [1.29, 1.82) is 0 Å². The normalized spacial score (nSPS) is 20.6. The number of nitrogens with one attached hydrogen (secondary N) is 1. The Morgan fingerprint density at radius 1 is 0.848 bits per heavy atom. The molecule has 0 radical (unpaired) electrons. The molecule has 2 heterocycles. The van der Waals surface area contributed by atoms with E-state index in [1.165, 1.54) is 20.7 Å². The molecule has 2 aromatic rings. The molecule has 2 aromatic carbocycles. The Hall–Kier alpha value is -2.27. The van der Waals surface area contributed by atoms with Gasteiger partial charge in [0.2, 0.25) is 26.0 Å². The van der Waals surface area contributed by atoms with Crippen molar-refractivity contribution in [2.24, 2.45) is 0 Å². The van der Waals surface area contributed by atoms with Gasteiger partial charge in [0.25, 0.3) is 0 Å². The van der Waals surface area contributed by atoms with E-state index in [1.807, 2.05) is 6.92 Å². The topological polar surface area (TPSA) is 104 Å². The second-order valence-corrected chi connectivity index (χ2v) is 12.4. The zero-order valence-electron chi connectivity index (χ0n) is 18.6. The third-order valence-corrected chi connectivity index (χ3v) is 10.0. The number of hydrogen-bond donors (Lipinski definition) is 1. The molecule has 0 unspecified atom stereocenters. The van der Waals surface area contributed by atoms with Crippen LogP contribution in [0.1, 0.15) is 37.7 Å². The maximum absolute atomic E-state index is 13.1. The Kier molecular flexibility index (Phi) is 6.90. The van der Waals surface area contributed by atoms with Gasteiger partial charge in [0, 0.05) is 25.3 Å². The summed E-state index contributed by atoms with van der Waals surface area (Å²) < 4.78 is 54.9. The third kappa shape index (κ3) is 4.98. The zero-order valence-corrected chi connectivity index (χ0v) is 20.2. The number of rotatable bonds is 6. The minimum atomic E-state index is -3.82. The van der Waals surface area contributed by atoms with Crippen molar-refractivity contribution in [2.75, 3.05) is 25.0 Å². The number of aryl methyl sites for hydroxylation is 1. The summed E-state index contributed by atoms with van der Waals surface area (Å²) in [7, 11) is -7.46. The van der Waals surface area contributed by atoms with E-state index in [9.17, 15) is 21.6 Å². The van der Waals surface area contributed by atoms with Crippen LogP contribution in [0.5, 0.6) is 0 Å². The number of nitrogens with zero attached hydrogens (tertiary/aromatic N) is 2. The van der Waals surface area contributed by atoms with E-state index < -0.39 is 32.0 Å². The lowest BCUT2D eigenvalue weighted by Crippen LogP contribution is -2.43. The minimum absolute atomic E-state index is 0.123. The summed E-state index contributed by atoms with van der Waals surface area (Å²) in [6.45, 7) is 3.12. The maximum Gasteiger partial charge on any atom is 0.243 e. The Balaban J connectivity index is 1.52. The number of carbonyl (C=O) groups is 1. The summed E-state index contributed by atoms with van der Waals surface area (Å²) in [5.74, 6) is -0.462. The predicted octanol–water partition coefficient (Wildman–Crippen LogP) is 2.96. The van der Waals surface area contributed by atoms with Crippen LogP contribution >= 0.6 is 0 Å². The predicted molar refractivity (Wildman–Crippen MR) is 126 cm³/mol. The number of anilines is 1. The lowest BCUT2D eigenvalue weighted by atomic mass is 10.2. The molecule has 2 aliphatic heterocycles. The first-order chi connectivity index (χ1) is 15.7. The molecule has 178 valence electrons. The van der Waals surface area contributed by atoms with Crippen LogP contribution in [0.15, 0.2) is 58.3 Å². The number of piperidine rings is 1.